The highest BCUT2D eigenvalue weighted by molar-refractivity contribution is 7.89. The zero-order chi connectivity index (χ0) is 21.2. The molecule has 0 aliphatic rings. The molecule has 0 bridgehead atoms. The van der Waals surface area contributed by atoms with Crippen molar-refractivity contribution in [1.82, 2.24) is 9.99 Å². The van der Waals surface area contributed by atoms with Crippen LogP contribution in [0.25, 0.3) is 5.69 Å². The van der Waals surface area contributed by atoms with E-state index in [4.69, 9.17) is 5.14 Å². The standard InChI is InChI=1S/C20H20N4O4S/c1-13-10-16(12-22-23-20(26)15-4-3-5-18(25)11-15)14(2)24(13)17-6-8-19(9-7-17)29(21,27)28/h3-12,25H,1-2H3,(H,23,26)(H2,21,27,28)/b22-12+. The number of hydrogen-bond donors (Lipinski definition) is 3. The van der Waals surface area contributed by atoms with Gasteiger partial charge >= 0.3 is 0 Å². The first kappa shape index (κ1) is 20.3. The second-order valence-corrected chi connectivity index (χ2v) is 8.01. The number of carbonyl (C=O) groups excluding carboxylic acids is 1. The number of nitrogens with two attached hydrogens (primary N) is 1. The predicted molar refractivity (Wildman–Crippen MR) is 110 cm³/mol. The van der Waals surface area contributed by atoms with Crippen LogP contribution in [0.4, 0.5) is 0 Å². The Balaban J connectivity index is 1.80. The molecule has 0 radical (unpaired) electrons. The number of phenols is 1. The molecule has 8 nitrogen and oxygen atoms in total. The maximum Gasteiger partial charge on any atom is 0.271 e. The number of primary sulfonamides is 1. The van der Waals surface area contributed by atoms with Crippen LogP contribution in [0.5, 0.6) is 5.75 Å². The summed E-state index contributed by atoms with van der Waals surface area (Å²) in [5.41, 5.74) is 6.05. The summed E-state index contributed by atoms with van der Waals surface area (Å²) in [6.07, 6.45) is 1.53. The lowest BCUT2D eigenvalue weighted by Crippen LogP contribution is -2.17. The number of nitrogens with zero attached hydrogens (tertiary/aromatic N) is 2. The average molecular weight is 412 g/mol. The minimum Gasteiger partial charge on any atom is -0.508 e. The molecule has 29 heavy (non-hydrogen) atoms. The minimum absolute atomic E-state index is 0.00127. The number of rotatable bonds is 5. The van der Waals surface area contributed by atoms with E-state index >= 15 is 0 Å². The van der Waals surface area contributed by atoms with Crippen molar-refractivity contribution < 1.29 is 18.3 Å². The molecule has 0 aliphatic carbocycles. The fourth-order valence-electron chi connectivity index (χ4n) is 2.97. The number of amides is 1. The molecule has 1 amide bonds. The largest absolute Gasteiger partial charge is 0.508 e. The number of aromatic nitrogens is 1. The predicted octanol–water partition coefficient (Wildman–Crippen LogP) is 2.21. The molecule has 0 spiro atoms. The van der Waals surface area contributed by atoms with Crippen molar-refractivity contribution in [3.05, 3.63) is 77.1 Å². The lowest BCUT2D eigenvalue weighted by atomic mass is 10.2. The maximum atomic E-state index is 12.1. The van der Waals surface area contributed by atoms with E-state index in [2.05, 4.69) is 10.5 Å². The summed E-state index contributed by atoms with van der Waals surface area (Å²) < 4.78 is 24.8. The summed E-state index contributed by atoms with van der Waals surface area (Å²) in [6.45, 7) is 3.79. The first-order chi connectivity index (χ1) is 13.7. The Morgan fingerprint density at radius 3 is 2.45 bits per heavy atom. The molecule has 0 fully saturated rings. The summed E-state index contributed by atoms with van der Waals surface area (Å²) in [6, 6.07) is 14.1. The Morgan fingerprint density at radius 1 is 1.14 bits per heavy atom. The van der Waals surface area contributed by atoms with Gasteiger partial charge in [0, 0.05) is 28.2 Å². The molecule has 4 N–H and O–H groups in total. The van der Waals surface area contributed by atoms with Crippen molar-refractivity contribution >= 4 is 22.1 Å². The number of aryl methyl sites for hydroxylation is 1. The fourth-order valence-corrected chi connectivity index (χ4v) is 3.49. The smallest absolute Gasteiger partial charge is 0.271 e. The monoisotopic (exact) mass is 412 g/mol. The van der Waals surface area contributed by atoms with Gasteiger partial charge in [0.15, 0.2) is 0 Å². The Bertz CT molecular complexity index is 1200. The molecule has 150 valence electrons. The lowest BCUT2D eigenvalue weighted by molar-refractivity contribution is 0.0954. The van der Waals surface area contributed by atoms with Crippen molar-refractivity contribution in [2.75, 3.05) is 0 Å². The van der Waals surface area contributed by atoms with Gasteiger partial charge in [-0.25, -0.2) is 19.0 Å². The van der Waals surface area contributed by atoms with E-state index in [0.717, 1.165) is 22.6 Å². The number of benzene rings is 2. The Kier molecular flexibility index (Phi) is 5.53. The third-order valence-corrected chi connectivity index (χ3v) is 5.30. The highest BCUT2D eigenvalue weighted by Gasteiger charge is 2.12. The Hall–Kier alpha value is -3.43. The molecular formula is C20H20N4O4S. The molecule has 3 aromatic rings. The molecule has 1 heterocycles. The van der Waals surface area contributed by atoms with Gasteiger partial charge in [0.05, 0.1) is 11.1 Å². The van der Waals surface area contributed by atoms with Crippen molar-refractivity contribution in [3.8, 4) is 11.4 Å². The number of aromatic hydroxyl groups is 1. The normalized spacial score (nSPS) is 11.7. The van der Waals surface area contributed by atoms with Gasteiger partial charge in [-0.2, -0.15) is 5.10 Å². The molecule has 3 rings (SSSR count). The van der Waals surface area contributed by atoms with Crippen LogP contribution in [0.3, 0.4) is 0 Å². The van der Waals surface area contributed by atoms with Crippen LogP contribution in [0.1, 0.15) is 27.3 Å². The third kappa shape index (κ3) is 4.53. The first-order valence-electron chi connectivity index (χ1n) is 8.61. The third-order valence-electron chi connectivity index (χ3n) is 4.37. The van der Waals surface area contributed by atoms with Crippen LogP contribution in [0.2, 0.25) is 0 Å². The van der Waals surface area contributed by atoms with Gasteiger partial charge in [-0.3, -0.25) is 4.79 Å². The summed E-state index contributed by atoms with van der Waals surface area (Å²) in [7, 11) is -3.75. The van der Waals surface area contributed by atoms with Crippen molar-refractivity contribution in [3.63, 3.8) is 0 Å². The average Bonchev–Trinajstić information content (AvgIpc) is 2.94. The van der Waals surface area contributed by atoms with Crippen LogP contribution in [0.15, 0.2) is 64.6 Å². The van der Waals surface area contributed by atoms with Crippen LogP contribution in [0, 0.1) is 13.8 Å². The van der Waals surface area contributed by atoms with Gasteiger partial charge in [-0.05, 0) is 62.4 Å². The van der Waals surface area contributed by atoms with E-state index < -0.39 is 15.9 Å². The SMILES string of the molecule is Cc1cc(/C=N/NC(=O)c2cccc(O)c2)c(C)n1-c1ccc(S(N)(=O)=O)cc1. The van der Waals surface area contributed by atoms with Gasteiger partial charge in [0.2, 0.25) is 10.0 Å². The van der Waals surface area contributed by atoms with Crippen LogP contribution in [-0.4, -0.2) is 30.2 Å². The second kappa shape index (κ2) is 7.90. The fraction of sp³-hybridized carbons (Fsp3) is 0.100. The summed E-state index contributed by atoms with van der Waals surface area (Å²) in [5, 5.41) is 18.6. The van der Waals surface area contributed by atoms with E-state index in [1.165, 1.54) is 30.5 Å². The van der Waals surface area contributed by atoms with Crippen molar-refractivity contribution in [2.24, 2.45) is 10.2 Å². The zero-order valence-corrected chi connectivity index (χ0v) is 16.6. The summed E-state index contributed by atoms with van der Waals surface area (Å²) in [4.78, 5) is 12.1. The minimum atomic E-state index is -3.75. The van der Waals surface area contributed by atoms with Crippen LogP contribution < -0.4 is 10.6 Å². The molecule has 0 unspecified atom stereocenters. The molecular weight excluding hydrogens is 392 g/mol. The number of hydrogen-bond acceptors (Lipinski definition) is 5. The van der Waals surface area contributed by atoms with Crippen LogP contribution in [-0.2, 0) is 10.0 Å². The lowest BCUT2D eigenvalue weighted by Gasteiger charge is -2.10. The van der Waals surface area contributed by atoms with Gasteiger partial charge < -0.3 is 9.67 Å². The molecule has 0 saturated carbocycles. The maximum absolute atomic E-state index is 12.1. The van der Waals surface area contributed by atoms with Gasteiger partial charge in [-0.1, -0.05) is 6.07 Å². The summed E-state index contributed by atoms with van der Waals surface area (Å²) in [5.74, 6) is -0.442. The number of sulfonamides is 1. The summed E-state index contributed by atoms with van der Waals surface area (Å²) >= 11 is 0. The highest BCUT2D eigenvalue weighted by atomic mass is 32.2. The molecule has 9 heteroatoms. The van der Waals surface area contributed by atoms with E-state index in [-0.39, 0.29) is 10.6 Å². The van der Waals surface area contributed by atoms with E-state index in [1.807, 2.05) is 24.5 Å². The molecule has 0 saturated heterocycles. The van der Waals surface area contributed by atoms with Gasteiger partial charge in [-0.15, -0.1) is 0 Å². The topological polar surface area (TPSA) is 127 Å². The zero-order valence-electron chi connectivity index (χ0n) is 15.8. The van der Waals surface area contributed by atoms with E-state index in [9.17, 15) is 18.3 Å². The Labute approximate surface area is 168 Å². The Morgan fingerprint density at radius 2 is 1.83 bits per heavy atom. The molecule has 0 atom stereocenters. The number of phenolic OH excluding ortho intramolecular Hbond substituents is 1. The van der Waals surface area contributed by atoms with Gasteiger partial charge in [0.1, 0.15) is 5.75 Å². The number of carbonyl (C=O) groups is 1. The van der Waals surface area contributed by atoms with E-state index in [1.54, 1.807) is 24.3 Å². The van der Waals surface area contributed by atoms with Crippen molar-refractivity contribution in [1.29, 1.82) is 0 Å². The van der Waals surface area contributed by atoms with Gasteiger partial charge in [0.25, 0.3) is 5.91 Å². The van der Waals surface area contributed by atoms with E-state index in [0.29, 0.717) is 5.56 Å². The quantitative estimate of drug-likeness (QED) is 0.438. The van der Waals surface area contributed by atoms with Crippen molar-refractivity contribution in [2.45, 2.75) is 18.7 Å². The molecule has 1 aromatic heterocycles. The first-order valence-corrected chi connectivity index (χ1v) is 10.2. The number of hydrazone groups is 1. The number of nitrogens with one attached hydrogen (secondary N) is 1. The van der Waals surface area contributed by atoms with Crippen LogP contribution >= 0.6 is 0 Å². The molecule has 2 aromatic carbocycles. The highest BCUT2D eigenvalue weighted by Crippen LogP contribution is 2.21. The molecule has 0 aliphatic heterocycles. The second-order valence-electron chi connectivity index (χ2n) is 6.45.